The summed E-state index contributed by atoms with van der Waals surface area (Å²) in [6, 6.07) is 7.13. The second kappa shape index (κ2) is 8.99. The minimum absolute atomic E-state index is 0.0376. The van der Waals surface area contributed by atoms with Gasteiger partial charge in [-0.05, 0) is 29.6 Å². The Morgan fingerprint density at radius 1 is 1.19 bits per heavy atom. The lowest BCUT2D eigenvalue weighted by Crippen LogP contribution is -2.50. The van der Waals surface area contributed by atoms with Gasteiger partial charge in [0.1, 0.15) is 0 Å². The molecule has 2 aromatic rings. The average Bonchev–Trinajstić information content (AvgIpc) is 3.18. The molecule has 5 nitrogen and oxygen atoms in total. The third kappa shape index (κ3) is 4.85. The van der Waals surface area contributed by atoms with Gasteiger partial charge in [0.25, 0.3) is 11.8 Å². The van der Waals surface area contributed by atoms with Crippen molar-refractivity contribution in [1.29, 1.82) is 0 Å². The number of amides is 2. The van der Waals surface area contributed by atoms with E-state index in [4.69, 9.17) is 11.6 Å². The van der Waals surface area contributed by atoms with Gasteiger partial charge in [0.2, 0.25) is 0 Å². The van der Waals surface area contributed by atoms with Crippen LogP contribution in [0.25, 0.3) is 0 Å². The molecule has 138 valence electrons. The molecular weight excluding hydrogens is 438 g/mol. The van der Waals surface area contributed by atoms with Crippen molar-refractivity contribution in [3.63, 3.8) is 0 Å². The summed E-state index contributed by atoms with van der Waals surface area (Å²) in [4.78, 5) is 28.7. The molecule has 8 heteroatoms. The van der Waals surface area contributed by atoms with Crippen molar-refractivity contribution in [2.45, 2.75) is 0 Å². The summed E-state index contributed by atoms with van der Waals surface area (Å²) >= 11 is 11.1. The number of hydrogen-bond donors (Lipinski definition) is 1. The summed E-state index contributed by atoms with van der Waals surface area (Å²) < 4.78 is 0.838. The van der Waals surface area contributed by atoms with Gasteiger partial charge in [0, 0.05) is 54.7 Å². The van der Waals surface area contributed by atoms with Crippen LogP contribution in [-0.2, 0) is 0 Å². The predicted octanol–water partition coefficient (Wildman–Crippen LogP) is 3.35. The van der Waals surface area contributed by atoms with Crippen molar-refractivity contribution >= 4 is 50.7 Å². The van der Waals surface area contributed by atoms with E-state index in [9.17, 15) is 9.59 Å². The van der Waals surface area contributed by atoms with Crippen molar-refractivity contribution in [2.75, 3.05) is 39.3 Å². The highest BCUT2D eigenvalue weighted by atomic mass is 79.9. The number of piperazine rings is 1. The molecule has 0 saturated carbocycles. The van der Waals surface area contributed by atoms with E-state index in [0.29, 0.717) is 35.8 Å². The highest BCUT2D eigenvalue weighted by molar-refractivity contribution is 9.10. The number of nitrogens with zero attached hydrogens (tertiary/aromatic N) is 2. The lowest BCUT2D eigenvalue weighted by Gasteiger charge is -2.34. The monoisotopic (exact) mass is 455 g/mol. The summed E-state index contributed by atoms with van der Waals surface area (Å²) in [7, 11) is 0. The molecule has 0 unspecified atom stereocenters. The van der Waals surface area contributed by atoms with Crippen LogP contribution in [0.5, 0.6) is 0 Å². The summed E-state index contributed by atoms with van der Waals surface area (Å²) in [5.41, 5.74) is 1.23. The van der Waals surface area contributed by atoms with Crippen molar-refractivity contribution in [2.24, 2.45) is 0 Å². The molecule has 26 heavy (non-hydrogen) atoms. The third-order valence-electron chi connectivity index (χ3n) is 4.32. The maximum atomic E-state index is 12.7. The van der Waals surface area contributed by atoms with Crippen LogP contribution in [0.2, 0.25) is 5.02 Å². The van der Waals surface area contributed by atoms with E-state index in [1.54, 1.807) is 12.1 Å². The number of benzene rings is 1. The fraction of sp³-hybridized carbons (Fsp3) is 0.333. The van der Waals surface area contributed by atoms with Gasteiger partial charge in [-0.2, -0.15) is 11.3 Å². The van der Waals surface area contributed by atoms with Crippen molar-refractivity contribution in [1.82, 2.24) is 15.1 Å². The van der Waals surface area contributed by atoms with E-state index in [-0.39, 0.29) is 11.8 Å². The van der Waals surface area contributed by atoms with E-state index < -0.39 is 0 Å². The Morgan fingerprint density at radius 2 is 1.96 bits per heavy atom. The van der Waals surface area contributed by atoms with Gasteiger partial charge < -0.3 is 10.2 Å². The number of carbonyl (C=O) groups excluding carboxylic acids is 2. The first-order valence-electron chi connectivity index (χ1n) is 8.31. The summed E-state index contributed by atoms with van der Waals surface area (Å²) in [6.45, 7) is 4.24. The minimum atomic E-state index is -0.0401. The standard InChI is InChI=1S/C18H19BrClN3O2S/c19-14-1-2-16(20)15(11-14)18(25)23-8-6-22(7-9-23)5-4-21-17(24)13-3-10-26-12-13/h1-3,10-12H,4-9H2,(H,21,24). The first-order valence-corrected chi connectivity index (χ1v) is 10.4. The molecule has 1 aliphatic heterocycles. The van der Waals surface area contributed by atoms with Crippen LogP contribution in [-0.4, -0.2) is 60.9 Å². The normalized spacial score (nSPS) is 15.1. The smallest absolute Gasteiger partial charge is 0.255 e. The lowest BCUT2D eigenvalue weighted by molar-refractivity contribution is 0.0638. The zero-order chi connectivity index (χ0) is 18.5. The summed E-state index contributed by atoms with van der Waals surface area (Å²) in [5, 5.41) is 7.13. The molecule has 1 N–H and O–H groups in total. The molecule has 2 amide bonds. The van der Waals surface area contributed by atoms with Crippen LogP contribution >= 0.6 is 38.9 Å². The van der Waals surface area contributed by atoms with E-state index in [1.807, 2.05) is 27.8 Å². The third-order valence-corrected chi connectivity index (χ3v) is 5.82. The van der Waals surface area contributed by atoms with Crippen molar-refractivity contribution < 1.29 is 9.59 Å². The molecule has 3 rings (SSSR count). The topological polar surface area (TPSA) is 52.7 Å². The first kappa shape index (κ1) is 19.4. The van der Waals surface area contributed by atoms with E-state index in [0.717, 1.165) is 24.1 Å². The second-order valence-corrected chi connectivity index (χ2v) is 8.13. The lowest BCUT2D eigenvalue weighted by atomic mass is 10.2. The fourth-order valence-electron chi connectivity index (χ4n) is 2.83. The Labute approximate surface area is 170 Å². The zero-order valence-corrected chi connectivity index (χ0v) is 17.2. The van der Waals surface area contributed by atoms with Crippen molar-refractivity contribution in [3.8, 4) is 0 Å². The quantitative estimate of drug-likeness (QED) is 0.751. The van der Waals surface area contributed by atoms with Crippen LogP contribution in [0.1, 0.15) is 20.7 Å². The van der Waals surface area contributed by atoms with Crippen molar-refractivity contribution in [3.05, 3.63) is 55.6 Å². The Balaban J connectivity index is 1.44. The Hall–Kier alpha value is -1.41. The molecule has 0 atom stereocenters. The van der Waals surface area contributed by atoms with Crippen LogP contribution < -0.4 is 5.32 Å². The maximum Gasteiger partial charge on any atom is 0.255 e. The minimum Gasteiger partial charge on any atom is -0.351 e. The Morgan fingerprint density at radius 3 is 2.65 bits per heavy atom. The molecule has 0 radical (unpaired) electrons. The summed E-state index contributed by atoms with van der Waals surface area (Å²) in [5.74, 6) is -0.0777. The number of hydrogen-bond acceptors (Lipinski definition) is 4. The molecule has 1 fully saturated rings. The van der Waals surface area contributed by atoms with E-state index >= 15 is 0 Å². The molecule has 1 saturated heterocycles. The van der Waals surface area contributed by atoms with Crippen LogP contribution in [0, 0.1) is 0 Å². The molecule has 0 spiro atoms. The molecule has 2 heterocycles. The number of nitrogens with one attached hydrogen (secondary N) is 1. The van der Waals surface area contributed by atoms with Gasteiger partial charge in [0.05, 0.1) is 10.6 Å². The molecule has 1 aliphatic rings. The van der Waals surface area contributed by atoms with Gasteiger partial charge >= 0.3 is 0 Å². The number of rotatable bonds is 5. The number of thiophene rings is 1. The van der Waals surface area contributed by atoms with Crippen LogP contribution in [0.4, 0.5) is 0 Å². The van der Waals surface area contributed by atoms with E-state index in [1.165, 1.54) is 11.3 Å². The first-order chi connectivity index (χ1) is 12.5. The van der Waals surface area contributed by atoms with Gasteiger partial charge in [-0.1, -0.05) is 27.5 Å². The van der Waals surface area contributed by atoms with Crippen LogP contribution in [0.3, 0.4) is 0 Å². The van der Waals surface area contributed by atoms with Gasteiger partial charge in [-0.3, -0.25) is 14.5 Å². The highest BCUT2D eigenvalue weighted by Crippen LogP contribution is 2.23. The Bertz CT molecular complexity index is 777. The molecule has 1 aromatic carbocycles. The number of halogens is 2. The highest BCUT2D eigenvalue weighted by Gasteiger charge is 2.23. The van der Waals surface area contributed by atoms with Gasteiger partial charge in [-0.25, -0.2) is 0 Å². The zero-order valence-electron chi connectivity index (χ0n) is 14.1. The summed E-state index contributed by atoms with van der Waals surface area (Å²) in [6.07, 6.45) is 0. The predicted molar refractivity (Wildman–Crippen MR) is 108 cm³/mol. The second-order valence-electron chi connectivity index (χ2n) is 6.03. The maximum absolute atomic E-state index is 12.7. The van der Waals surface area contributed by atoms with E-state index in [2.05, 4.69) is 26.1 Å². The average molecular weight is 457 g/mol. The van der Waals surface area contributed by atoms with Crippen LogP contribution in [0.15, 0.2) is 39.5 Å². The number of carbonyl (C=O) groups is 2. The molecular formula is C18H19BrClN3O2S. The molecule has 0 aliphatic carbocycles. The van der Waals surface area contributed by atoms with Gasteiger partial charge in [-0.15, -0.1) is 0 Å². The largest absolute Gasteiger partial charge is 0.351 e. The molecule has 1 aromatic heterocycles. The molecule has 0 bridgehead atoms. The SMILES string of the molecule is O=C(NCCN1CCN(C(=O)c2cc(Br)ccc2Cl)CC1)c1ccsc1. The van der Waals surface area contributed by atoms with Gasteiger partial charge in [0.15, 0.2) is 0 Å². The Kier molecular flexibility index (Phi) is 6.69. The fourth-order valence-corrected chi connectivity index (χ4v) is 4.03.